The SMILES string of the molecule is COc1cc(CNC(=O)c2cc(Cl)c(OCC(N)=O)c(OC)c2)ccc1C. The highest BCUT2D eigenvalue weighted by atomic mass is 35.5. The van der Waals surface area contributed by atoms with E-state index in [9.17, 15) is 9.59 Å². The van der Waals surface area contributed by atoms with Crippen LogP contribution in [0.3, 0.4) is 0 Å². The van der Waals surface area contributed by atoms with Gasteiger partial charge in [-0.25, -0.2) is 0 Å². The van der Waals surface area contributed by atoms with E-state index in [-0.39, 0.29) is 29.0 Å². The van der Waals surface area contributed by atoms with Crippen LogP contribution < -0.4 is 25.3 Å². The average molecular weight is 393 g/mol. The van der Waals surface area contributed by atoms with Crippen LogP contribution in [0.25, 0.3) is 0 Å². The summed E-state index contributed by atoms with van der Waals surface area (Å²) in [6.45, 7) is 1.91. The zero-order chi connectivity index (χ0) is 20.0. The number of ether oxygens (including phenoxy) is 3. The highest BCUT2D eigenvalue weighted by Crippen LogP contribution is 2.36. The fourth-order valence-electron chi connectivity index (χ4n) is 2.39. The lowest BCUT2D eigenvalue weighted by atomic mass is 10.1. The first-order valence-electron chi connectivity index (χ1n) is 8.06. The minimum atomic E-state index is -0.650. The summed E-state index contributed by atoms with van der Waals surface area (Å²) in [7, 11) is 3.00. The maximum atomic E-state index is 12.5. The predicted octanol–water partition coefficient (Wildman–Crippen LogP) is 2.46. The van der Waals surface area contributed by atoms with Crippen molar-refractivity contribution in [2.45, 2.75) is 13.5 Å². The number of halogens is 1. The predicted molar refractivity (Wildman–Crippen MR) is 102 cm³/mol. The fraction of sp³-hybridized carbons (Fsp3) is 0.263. The van der Waals surface area contributed by atoms with Crippen molar-refractivity contribution in [3.05, 3.63) is 52.0 Å². The van der Waals surface area contributed by atoms with Crippen molar-refractivity contribution in [3.63, 3.8) is 0 Å². The molecule has 0 unspecified atom stereocenters. The summed E-state index contributed by atoms with van der Waals surface area (Å²) in [4.78, 5) is 23.4. The molecule has 0 bridgehead atoms. The van der Waals surface area contributed by atoms with Gasteiger partial charge in [0.2, 0.25) is 0 Å². The molecular weight excluding hydrogens is 372 g/mol. The Morgan fingerprint density at radius 3 is 2.44 bits per heavy atom. The van der Waals surface area contributed by atoms with Crippen molar-refractivity contribution in [1.29, 1.82) is 0 Å². The van der Waals surface area contributed by atoms with E-state index in [1.54, 1.807) is 7.11 Å². The fourth-order valence-corrected chi connectivity index (χ4v) is 2.66. The molecule has 0 radical (unpaired) electrons. The first kappa shape index (κ1) is 20.4. The highest BCUT2D eigenvalue weighted by molar-refractivity contribution is 6.32. The molecule has 0 spiro atoms. The largest absolute Gasteiger partial charge is 0.496 e. The Balaban J connectivity index is 2.14. The Hall–Kier alpha value is -2.93. The number of rotatable bonds is 8. The van der Waals surface area contributed by atoms with Crippen molar-refractivity contribution in [3.8, 4) is 17.2 Å². The third kappa shape index (κ3) is 5.27. The van der Waals surface area contributed by atoms with E-state index in [4.69, 9.17) is 31.5 Å². The molecule has 0 heterocycles. The summed E-state index contributed by atoms with van der Waals surface area (Å²) in [5, 5.41) is 2.95. The quantitative estimate of drug-likeness (QED) is 0.718. The van der Waals surface area contributed by atoms with Gasteiger partial charge in [0.05, 0.1) is 19.2 Å². The molecule has 0 saturated heterocycles. The number of aryl methyl sites for hydroxylation is 1. The average Bonchev–Trinajstić information content (AvgIpc) is 2.65. The van der Waals surface area contributed by atoms with E-state index in [1.807, 2.05) is 25.1 Å². The molecule has 8 heteroatoms. The van der Waals surface area contributed by atoms with E-state index in [2.05, 4.69) is 5.32 Å². The highest BCUT2D eigenvalue weighted by Gasteiger charge is 2.16. The molecular formula is C19H21ClN2O5. The van der Waals surface area contributed by atoms with Gasteiger partial charge in [0.1, 0.15) is 5.75 Å². The first-order valence-corrected chi connectivity index (χ1v) is 8.43. The monoisotopic (exact) mass is 392 g/mol. The number of nitrogens with two attached hydrogens (primary N) is 1. The van der Waals surface area contributed by atoms with Crippen LogP contribution in [0, 0.1) is 6.92 Å². The maximum absolute atomic E-state index is 12.5. The number of hydrogen-bond acceptors (Lipinski definition) is 5. The van der Waals surface area contributed by atoms with Gasteiger partial charge < -0.3 is 25.3 Å². The number of amides is 2. The normalized spacial score (nSPS) is 10.2. The van der Waals surface area contributed by atoms with E-state index >= 15 is 0 Å². The lowest BCUT2D eigenvalue weighted by molar-refractivity contribution is -0.119. The lowest BCUT2D eigenvalue weighted by Crippen LogP contribution is -2.23. The van der Waals surface area contributed by atoms with Crippen molar-refractivity contribution in [1.82, 2.24) is 5.32 Å². The summed E-state index contributed by atoms with van der Waals surface area (Å²) >= 11 is 6.16. The summed E-state index contributed by atoms with van der Waals surface area (Å²) in [6, 6.07) is 8.61. The number of nitrogens with one attached hydrogen (secondary N) is 1. The number of carbonyl (C=O) groups excluding carboxylic acids is 2. The zero-order valence-corrected chi connectivity index (χ0v) is 16.1. The van der Waals surface area contributed by atoms with Gasteiger partial charge >= 0.3 is 0 Å². The van der Waals surface area contributed by atoms with E-state index in [1.165, 1.54) is 19.2 Å². The number of carbonyl (C=O) groups is 2. The molecule has 0 aromatic heterocycles. The molecule has 7 nitrogen and oxygen atoms in total. The van der Waals surface area contributed by atoms with Crippen molar-refractivity contribution in [2.75, 3.05) is 20.8 Å². The molecule has 2 rings (SSSR count). The van der Waals surface area contributed by atoms with Gasteiger partial charge in [-0.15, -0.1) is 0 Å². The molecule has 27 heavy (non-hydrogen) atoms. The second-order valence-corrected chi connectivity index (χ2v) is 6.14. The Morgan fingerprint density at radius 1 is 1.11 bits per heavy atom. The van der Waals surface area contributed by atoms with Crippen LogP contribution in [0.4, 0.5) is 0 Å². The summed E-state index contributed by atoms with van der Waals surface area (Å²) in [5.41, 5.74) is 7.26. The van der Waals surface area contributed by atoms with Crippen molar-refractivity contribution in [2.24, 2.45) is 5.73 Å². The maximum Gasteiger partial charge on any atom is 0.255 e. The molecule has 0 atom stereocenters. The summed E-state index contributed by atoms with van der Waals surface area (Å²) in [5.74, 6) is 0.144. The molecule has 0 fully saturated rings. The standard InChI is InChI=1S/C19H21ClN2O5/c1-11-4-5-12(6-15(11)25-2)9-22-19(24)13-7-14(20)18(16(8-13)26-3)27-10-17(21)23/h4-8H,9-10H2,1-3H3,(H2,21,23)(H,22,24). The van der Waals surface area contributed by atoms with Gasteiger partial charge in [-0.1, -0.05) is 23.7 Å². The van der Waals surface area contributed by atoms with Crippen LogP contribution in [0.1, 0.15) is 21.5 Å². The van der Waals surface area contributed by atoms with Crippen LogP contribution in [0.15, 0.2) is 30.3 Å². The van der Waals surface area contributed by atoms with E-state index < -0.39 is 5.91 Å². The number of hydrogen-bond donors (Lipinski definition) is 2. The van der Waals surface area contributed by atoms with Crippen molar-refractivity contribution < 1.29 is 23.8 Å². The molecule has 2 aromatic carbocycles. The number of benzene rings is 2. The molecule has 0 aliphatic heterocycles. The van der Waals surface area contributed by atoms with Gasteiger partial charge in [-0.3, -0.25) is 9.59 Å². The summed E-state index contributed by atoms with van der Waals surface area (Å²) in [6.07, 6.45) is 0. The molecule has 3 N–H and O–H groups in total. The van der Waals surface area contributed by atoms with Gasteiger partial charge in [-0.05, 0) is 36.2 Å². The van der Waals surface area contributed by atoms with E-state index in [0.29, 0.717) is 12.1 Å². The second kappa shape index (κ2) is 9.14. The van der Waals surface area contributed by atoms with Crippen LogP contribution in [0.2, 0.25) is 5.02 Å². The minimum Gasteiger partial charge on any atom is -0.496 e. The van der Waals surface area contributed by atoms with Gasteiger partial charge in [-0.2, -0.15) is 0 Å². The molecule has 2 aromatic rings. The van der Waals surface area contributed by atoms with Gasteiger partial charge in [0, 0.05) is 12.1 Å². The Labute approximate surface area is 162 Å². The molecule has 0 saturated carbocycles. The molecule has 2 amide bonds. The van der Waals surface area contributed by atoms with E-state index in [0.717, 1.165) is 16.9 Å². The van der Waals surface area contributed by atoms with Gasteiger partial charge in [0.15, 0.2) is 18.1 Å². The Kier molecular flexibility index (Phi) is 6.90. The smallest absolute Gasteiger partial charge is 0.255 e. The van der Waals surface area contributed by atoms with Crippen LogP contribution in [-0.4, -0.2) is 32.6 Å². The Morgan fingerprint density at radius 2 is 1.81 bits per heavy atom. The topological polar surface area (TPSA) is 99.9 Å². The Bertz CT molecular complexity index is 854. The lowest BCUT2D eigenvalue weighted by Gasteiger charge is -2.14. The molecule has 144 valence electrons. The van der Waals surface area contributed by atoms with Crippen LogP contribution >= 0.6 is 11.6 Å². The van der Waals surface area contributed by atoms with Crippen LogP contribution in [-0.2, 0) is 11.3 Å². The number of methoxy groups -OCH3 is 2. The molecule has 0 aliphatic carbocycles. The van der Waals surface area contributed by atoms with Crippen LogP contribution in [0.5, 0.6) is 17.2 Å². The van der Waals surface area contributed by atoms with Gasteiger partial charge in [0.25, 0.3) is 11.8 Å². The summed E-state index contributed by atoms with van der Waals surface area (Å²) < 4.78 is 15.7. The second-order valence-electron chi connectivity index (χ2n) is 5.73. The minimum absolute atomic E-state index is 0.137. The zero-order valence-electron chi connectivity index (χ0n) is 15.3. The number of primary amides is 1. The third-order valence-corrected chi connectivity index (χ3v) is 4.06. The third-order valence-electron chi connectivity index (χ3n) is 3.78. The van der Waals surface area contributed by atoms with Crippen molar-refractivity contribution >= 4 is 23.4 Å². The molecule has 0 aliphatic rings. The first-order chi connectivity index (χ1) is 12.8.